The smallest absolute Gasteiger partial charge is 0.234 e. The van der Waals surface area contributed by atoms with E-state index in [2.05, 4.69) is 15.5 Å². The molecule has 0 saturated carbocycles. The van der Waals surface area contributed by atoms with Gasteiger partial charge in [0.25, 0.3) is 0 Å². The summed E-state index contributed by atoms with van der Waals surface area (Å²) in [6.45, 7) is 5.87. The van der Waals surface area contributed by atoms with Gasteiger partial charge in [0.2, 0.25) is 5.91 Å². The fourth-order valence-electron chi connectivity index (χ4n) is 3.50. The molecule has 1 N–H and O–H groups in total. The molecular weight excluding hydrogens is 416 g/mol. The summed E-state index contributed by atoms with van der Waals surface area (Å²) in [6, 6.07) is 9.22. The number of rotatable bonds is 9. The predicted molar refractivity (Wildman–Crippen MR) is 118 cm³/mol. The van der Waals surface area contributed by atoms with E-state index in [9.17, 15) is 4.79 Å². The number of amides is 1. The van der Waals surface area contributed by atoms with Gasteiger partial charge in [-0.3, -0.25) is 9.36 Å². The Morgan fingerprint density at radius 2 is 2.13 bits per heavy atom. The zero-order chi connectivity index (χ0) is 21.6. The minimum atomic E-state index is -0.109. The Labute approximate surface area is 185 Å². The van der Waals surface area contributed by atoms with Gasteiger partial charge >= 0.3 is 0 Å². The van der Waals surface area contributed by atoms with Crippen LogP contribution < -0.4 is 10.1 Å². The molecule has 3 aromatic rings. The van der Waals surface area contributed by atoms with Crippen LogP contribution in [0.5, 0.6) is 5.75 Å². The van der Waals surface area contributed by atoms with Crippen LogP contribution in [-0.4, -0.2) is 45.7 Å². The Morgan fingerprint density at radius 3 is 2.81 bits per heavy atom. The first-order valence-corrected chi connectivity index (χ1v) is 11.4. The number of nitrogens with one attached hydrogen (secondary N) is 1. The van der Waals surface area contributed by atoms with E-state index < -0.39 is 0 Å². The lowest BCUT2D eigenvalue weighted by atomic mass is 10.2. The number of ether oxygens (including phenoxy) is 2. The summed E-state index contributed by atoms with van der Waals surface area (Å²) in [4.78, 5) is 12.5. The molecule has 9 heteroatoms. The summed E-state index contributed by atoms with van der Waals surface area (Å²) in [5, 5.41) is 12.3. The van der Waals surface area contributed by atoms with E-state index in [1.165, 1.54) is 11.8 Å². The summed E-state index contributed by atoms with van der Waals surface area (Å²) in [5.74, 6) is 2.41. The second-order valence-corrected chi connectivity index (χ2v) is 8.18. The molecule has 31 heavy (non-hydrogen) atoms. The fourth-order valence-corrected chi connectivity index (χ4v) is 4.24. The number of aryl methyl sites for hydroxylation is 1. The van der Waals surface area contributed by atoms with Gasteiger partial charge < -0.3 is 19.2 Å². The monoisotopic (exact) mass is 442 g/mol. The molecule has 1 atom stereocenters. The van der Waals surface area contributed by atoms with E-state index in [-0.39, 0.29) is 17.8 Å². The maximum absolute atomic E-state index is 12.5. The zero-order valence-electron chi connectivity index (χ0n) is 17.7. The Hall–Kier alpha value is -2.78. The molecule has 1 unspecified atom stereocenters. The first-order valence-electron chi connectivity index (χ1n) is 10.4. The third-order valence-corrected chi connectivity index (χ3v) is 5.97. The summed E-state index contributed by atoms with van der Waals surface area (Å²) >= 11 is 1.36. The third kappa shape index (κ3) is 5.29. The van der Waals surface area contributed by atoms with Gasteiger partial charge in [-0.1, -0.05) is 11.8 Å². The van der Waals surface area contributed by atoms with Crippen molar-refractivity contribution >= 4 is 23.4 Å². The van der Waals surface area contributed by atoms with Gasteiger partial charge in [0.15, 0.2) is 11.0 Å². The molecule has 1 aliphatic rings. The summed E-state index contributed by atoms with van der Waals surface area (Å²) in [7, 11) is 0. The number of anilines is 1. The number of carbonyl (C=O) groups is 1. The van der Waals surface area contributed by atoms with E-state index in [0.29, 0.717) is 18.3 Å². The van der Waals surface area contributed by atoms with Gasteiger partial charge in [-0.2, -0.15) is 0 Å². The molecule has 1 aliphatic heterocycles. The molecule has 0 radical (unpaired) electrons. The van der Waals surface area contributed by atoms with Crippen molar-refractivity contribution in [3.63, 3.8) is 0 Å². The van der Waals surface area contributed by atoms with Crippen LogP contribution in [-0.2, 0) is 16.1 Å². The second kappa shape index (κ2) is 10.0. The van der Waals surface area contributed by atoms with E-state index in [0.717, 1.165) is 48.0 Å². The quantitative estimate of drug-likeness (QED) is 0.498. The molecule has 1 amide bonds. The maximum Gasteiger partial charge on any atom is 0.234 e. The predicted octanol–water partition coefficient (Wildman–Crippen LogP) is 4.16. The summed E-state index contributed by atoms with van der Waals surface area (Å²) in [5.41, 5.74) is 1.63. The van der Waals surface area contributed by atoms with Crippen molar-refractivity contribution in [3.05, 3.63) is 42.4 Å². The molecule has 0 spiro atoms. The number of nitrogens with zero attached hydrogens (tertiary/aromatic N) is 3. The number of thioether (sulfide) groups is 1. The molecule has 1 fully saturated rings. The number of hydrogen-bond acceptors (Lipinski definition) is 7. The molecule has 2 aromatic heterocycles. The largest absolute Gasteiger partial charge is 0.494 e. The average Bonchev–Trinajstić information content (AvgIpc) is 3.51. The first kappa shape index (κ1) is 21.5. The molecule has 0 aliphatic carbocycles. The zero-order valence-corrected chi connectivity index (χ0v) is 18.5. The number of hydrogen-bond donors (Lipinski definition) is 1. The molecule has 3 heterocycles. The number of aromatic nitrogens is 3. The molecule has 164 valence electrons. The van der Waals surface area contributed by atoms with E-state index in [1.807, 2.05) is 48.7 Å². The van der Waals surface area contributed by atoms with Crippen LogP contribution in [0.25, 0.3) is 11.4 Å². The Kier molecular flexibility index (Phi) is 6.93. The molecule has 4 rings (SSSR count). The summed E-state index contributed by atoms with van der Waals surface area (Å²) in [6.07, 6.45) is 3.83. The van der Waals surface area contributed by atoms with Crippen LogP contribution in [0.4, 0.5) is 5.69 Å². The Bertz CT molecular complexity index is 1010. The van der Waals surface area contributed by atoms with Crippen LogP contribution in [0.3, 0.4) is 0 Å². The van der Waals surface area contributed by atoms with Gasteiger partial charge in [0.05, 0.1) is 36.8 Å². The SMILES string of the molecule is CCOc1ccc(NC(=O)CSc2nnc(-c3ccoc3C)n2CC2CCCO2)cc1. The molecular formula is C22H26N4O4S. The highest BCUT2D eigenvalue weighted by Gasteiger charge is 2.23. The summed E-state index contributed by atoms with van der Waals surface area (Å²) < 4.78 is 18.7. The number of benzene rings is 1. The number of furan rings is 1. The van der Waals surface area contributed by atoms with Crippen molar-refractivity contribution in [3.8, 4) is 17.1 Å². The van der Waals surface area contributed by atoms with Gasteiger partial charge in [-0.15, -0.1) is 10.2 Å². The lowest BCUT2D eigenvalue weighted by Gasteiger charge is -2.14. The lowest BCUT2D eigenvalue weighted by Crippen LogP contribution is -2.18. The van der Waals surface area contributed by atoms with Gasteiger partial charge in [-0.25, -0.2) is 0 Å². The minimum absolute atomic E-state index is 0.109. The van der Waals surface area contributed by atoms with Crippen molar-refractivity contribution in [2.75, 3.05) is 24.3 Å². The van der Waals surface area contributed by atoms with Crippen LogP contribution in [0.15, 0.2) is 46.2 Å². The van der Waals surface area contributed by atoms with E-state index in [4.69, 9.17) is 13.9 Å². The normalized spacial score (nSPS) is 15.9. The van der Waals surface area contributed by atoms with Crippen molar-refractivity contribution in [2.45, 2.75) is 44.5 Å². The van der Waals surface area contributed by atoms with Crippen molar-refractivity contribution in [2.24, 2.45) is 0 Å². The molecule has 1 saturated heterocycles. The molecule has 0 bridgehead atoms. The maximum atomic E-state index is 12.5. The average molecular weight is 443 g/mol. The van der Waals surface area contributed by atoms with Gasteiger partial charge in [-0.05, 0) is 57.0 Å². The van der Waals surface area contributed by atoms with Crippen molar-refractivity contribution < 1.29 is 18.7 Å². The highest BCUT2D eigenvalue weighted by Crippen LogP contribution is 2.29. The molecule has 8 nitrogen and oxygen atoms in total. The van der Waals surface area contributed by atoms with E-state index in [1.54, 1.807) is 6.26 Å². The number of carbonyl (C=O) groups excluding carboxylic acids is 1. The standard InChI is InChI=1S/C22H26N4O4S/c1-3-28-17-8-6-16(7-9-17)23-20(27)14-31-22-25-24-21(19-10-12-29-15(19)2)26(22)13-18-5-4-11-30-18/h6-10,12,18H,3-5,11,13-14H2,1-2H3,(H,23,27). The molecule has 1 aromatic carbocycles. The first-order chi connectivity index (χ1) is 15.1. The third-order valence-electron chi connectivity index (χ3n) is 5.01. The van der Waals surface area contributed by atoms with Gasteiger partial charge in [0.1, 0.15) is 11.5 Å². The fraction of sp³-hybridized carbons (Fsp3) is 0.409. The Morgan fingerprint density at radius 1 is 1.29 bits per heavy atom. The Balaban J connectivity index is 1.44. The van der Waals surface area contributed by atoms with Crippen LogP contribution in [0.2, 0.25) is 0 Å². The van der Waals surface area contributed by atoms with Crippen LogP contribution in [0, 0.1) is 6.92 Å². The highest BCUT2D eigenvalue weighted by molar-refractivity contribution is 7.99. The van der Waals surface area contributed by atoms with E-state index >= 15 is 0 Å². The van der Waals surface area contributed by atoms with Gasteiger partial charge in [0, 0.05) is 12.3 Å². The highest BCUT2D eigenvalue weighted by atomic mass is 32.2. The van der Waals surface area contributed by atoms with Crippen molar-refractivity contribution in [1.29, 1.82) is 0 Å². The minimum Gasteiger partial charge on any atom is -0.494 e. The second-order valence-electron chi connectivity index (χ2n) is 7.24. The lowest BCUT2D eigenvalue weighted by molar-refractivity contribution is -0.113. The van der Waals surface area contributed by atoms with Crippen LogP contribution in [0.1, 0.15) is 25.5 Å². The topological polar surface area (TPSA) is 91.4 Å². The van der Waals surface area contributed by atoms with Crippen molar-refractivity contribution in [1.82, 2.24) is 14.8 Å². The van der Waals surface area contributed by atoms with Crippen LogP contribution >= 0.6 is 11.8 Å².